The molecule has 1 N–H and O–H groups in total. The fraction of sp³-hybridized carbons (Fsp3) is 0.350. The van der Waals surface area contributed by atoms with Crippen molar-refractivity contribution in [1.29, 1.82) is 0 Å². The average molecular weight is 385 g/mol. The van der Waals surface area contributed by atoms with Crippen LogP contribution in [0.2, 0.25) is 0 Å². The van der Waals surface area contributed by atoms with Gasteiger partial charge >= 0.3 is 0 Å². The molecule has 0 aliphatic carbocycles. The molecule has 0 aliphatic heterocycles. The second-order valence-electron chi connectivity index (χ2n) is 6.45. The highest BCUT2D eigenvalue weighted by Crippen LogP contribution is 2.24. The molecule has 1 atom stereocenters. The zero-order chi connectivity index (χ0) is 19.4. The summed E-state index contributed by atoms with van der Waals surface area (Å²) in [6.07, 6.45) is 0. The van der Waals surface area contributed by atoms with Gasteiger partial charge in [-0.05, 0) is 45.9 Å². The number of nitrogens with zero attached hydrogens (tertiary/aromatic N) is 3. The highest BCUT2D eigenvalue weighted by Gasteiger charge is 2.17. The summed E-state index contributed by atoms with van der Waals surface area (Å²) < 4.78 is 7.59. The second kappa shape index (κ2) is 8.43. The third-order valence-electron chi connectivity index (χ3n) is 4.21. The topological polar surface area (TPSA) is 73.0 Å². The molecule has 7 heteroatoms. The maximum Gasteiger partial charge on any atom is 0.231 e. The molecule has 0 saturated carbocycles. The Morgan fingerprint density at radius 3 is 2.74 bits per heavy atom. The van der Waals surface area contributed by atoms with Crippen molar-refractivity contribution in [1.82, 2.24) is 20.1 Å². The molecule has 2 heterocycles. The lowest BCUT2D eigenvalue weighted by Crippen LogP contribution is -2.28. The van der Waals surface area contributed by atoms with Crippen molar-refractivity contribution in [3.05, 3.63) is 53.5 Å². The van der Waals surface area contributed by atoms with Crippen molar-refractivity contribution in [2.45, 2.75) is 45.4 Å². The van der Waals surface area contributed by atoms with Crippen LogP contribution in [0.25, 0.3) is 11.4 Å². The van der Waals surface area contributed by atoms with Crippen LogP contribution >= 0.6 is 11.8 Å². The Bertz CT molecular complexity index is 932. The van der Waals surface area contributed by atoms with Gasteiger partial charge in [0.05, 0.1) is 11.8 Å². The van der Waals surface area contributed by atoms with Crippen molar-refractivity contribution in [2.75, 3.05) is 5.75 Å². The summed E-state index contributed by atoms with van der Waals surface area (Å²) in [5.74, 6) is 2.62. The molecule has 0 radical (unpaired) electrons. The molecule has 0 saturated heterocycles. The summed E-state index contributed by atoms with van der Waals surface area (Å²) in [6.45, 7) is 8.64. The van der Waals surface area contributed by atoms with Gasteiger partial charge in [-0.1, -0.05) is 35.5 Å². The van der Waals surface area contributed by atoms with Gasteiger partial charge in [-0.15, -0.1) is 10.2 Å². The number of carbonyl (C=O) groups excluding carboxylic acids is 1. The number of rotatable bonds is 7. The molecule has 0 fully saturated rings. The highest BCUT2D eigenvalue weighted by atomic mass is 32.2. The highest BCUT2D eigenvalue weighted by molar-refractivity contribution is 7.99. The molecule has 27 heavy (non-hydrogen) atoms. The first-order valence-electron chi connectivity index (χ1n) is 8.96. The number of benzene rings is 1. The average Bonchev–Trinajstić information content (AvgIpc) is 3.25. The number of hydrogen-bond donors (Lipinski definition) is 1. The Hall–Kier alpha value is -2.54. The zero-order valence-electron chi connectivity index (χ0n) is 16.0. The van der Waals surface area contributed by atoms with Gasteiger partial charge in [-0.3, -0.25) is 4.79 Å². The SMILES string of the molecule is CCn1c(SCC(=O)NC(C)c2ccc(C)o2)nnc1-c1cccc(C)c1. The number of carbonyl (C=O) groups is 1. The number of hydrogen-bond acceptors (Lipinski definition) is 5. The van der Waals surface area contributed by atoms with Gasteiger partial charge in [-0.25, -0.2) is 0 Å². The second-order valence-corrected chi connectivity index (χ2v) is 7.39. The molecule has 3 aromatic rings. The van der Waals surface area contributed by atoms with E-state index < -0.39 is 0 Å². The molecule has 3 rings (SSSR count). The van der Waals surface area contributed by atoms with Gasteiger partial charge in [0.1, 0.15) is 11.5 Å². The predicted octanol–water partition coefficient (Wildman–Crippen LogP) is 4.14. The van der Waals surface area contributed by atoms with E-state index >= 15 is 0 Å². The summed E-state index contributed by atoms with van der Waals surface area (Å²) in [4.78, 5) is 12.3. The van der Waals surface area contributed by atoms with E-state index in [1.165, 1.54) is 17.3 Å². The molecule has 1 aromatic carbocycles. The first-order chi connectivity index (χ1) is 13.0. The van der Waals surface area contributed by atoms with Crippen LogP contribution in [0, 0.1) is 13.8 Å². The largest absolute Gasteiger partial charge is 0.464 e. The molecule has 142 valence electrons. The van der Waals surface area contributed by atoms with E-state index in [0.29, 0.717) is 0 Å². The number of thioether (sulfide) groups is 1. The maximum atomic E-state index is 12.3. The first kappa shape index (κ1) is 19.2. The molecule has 1 amide bonds. The summed E-state index contributed by atoms with van der Waals surface area (Å²) >= 11 is 1.39. The van der Waals surface area contributed by atoms with Crippen molar-refractivity contribution in [3.63, 3.8) is 0 Å². The normalized spacial score (nSPS) is 12.1. The Balaban J connectivity index is 1.65. The van der Waals surface area contributed by atoms with Crippen molar-refractivity contribution in [3.8, 4) is 11.4 Å². The number of aromatic nitrogens is 3. The Morgan fingerprint density at radius 2 is 2.07 bits per heavy atom. The number of amides is 1. The fourth-order valence-electron chi connectivity index (χ4n) is 2.85. The lowest BCUT2D eigenvalue weighted by atomic mass is 10.1. The fourth-order valence-corrected chi connectivity index (χ4v) is 3.66. The summed E-state index contributed by atoms with van der Waals surface area (Å²) in [5, 5.41) is 12.3. The summed E-state index contributed by atoms with van der Waals surface area (Å²) in [6, 6.07) is 11.8. The van der Waals surface area contributed by atoms with Crippen LogP contribution < -0.4 is 5.32 Å². The molecule has 0 spiro atoms. The van der Waals surface area contributed by atoms with E-state index in [1.54, 1.807) is 0 Å². The van der Waals surface area contributed by atoms with Crippen molar-refractivity contribution >= 4 is 17.7 Å². The molecule has 1 unspecified atom stereocenters. The lowest BCUT2D eigenvalue weighted by molar-refractivity contribution is -0.119. The van der Waals surface area contributed by atoms with Crippen molar-refractivity contribution in [2.24, 2.45) is 0 Å². The van der Waals surface area contributed by atoms with Gasteiger partial charge < -0.3 is 14.3 Å². The predicted molar refractivity (Wildman–Crippen MR) is 107 cm³/mol. The van der Waals surface area contributed by atoms with Gasteiger partial charge in [0.25, 0.3) is 0 Å². The molecule has 0 bridgehead atoms. The Morgan fingerprint density at radius 1 is 1.26 bits per heavy atom. The quantitative estimate of drug-likeness (QED) is 0.620. The third kappa shape index (κ3) is 4.60. The van der Waals surface area contributed by atoms with E-state index in [4.69, 9.17) is 4.42 Å². The van der Waals surface area contributed by atoms with Crippen LogP contribution in [0.1, 0.15) is 37.0 Å². The monoisotopic (exact) mass is 384 g/mol. The van der Waals surface area contributed by atoms with Crippen LogP contribution in [-0.2, 0) is 11.3 Å². The molecule has 6 nitrogen and oxygen atoms in total. The third-order valence-corrected chi connectivity index (χ3v) is 5.17. The van der Waals surface area contributed by atoms with E-state index in [-0.39, 0.29) is 17.7 Å². The van der Waals surface area contributed by atoms with Crippen molar-refractivity contribution < 1.29 is 9.21 Å². The van der Waals surface area contributed by atoms with Crippen LogP contribution in [0.3, 0.4) is 0 Å². The number of aryl methyl sites for hydroxylation is 2. The van der Waals surface area contributed by atoms with Crippen LogP contribution in [0.4, 0.5) is 0 Å². The van der Waals surface area contributed by atoms with Crippen LogP contribution in [0.15, 0.2) is 46.0 Å². The minimum atomic E-state index is -0.168. The van der Waals surface area contributed by atoms with Crippen LogP contribution in [0.5, 0.6) is 0 Å². The van der Waals surface area contributed by atoms with E-state index in [0.717, 1.165) is 34.6 Å². The summed E-state index contributed by atoms with van der Waals surface area (Å²) in [5.41, 5.74) is 2.20. The van der Waals surface area contributed by atoms with Gasteiger partial charge in [0.15, 0.2) is 11.0 Å². The van der Waals surface area contributed by atoms with E-state index in [9.17, 15) is 4.79 Å². The van der Waals surface area contributed by atoms with Gasteiger partial charge in [0, 0.05) is 12.1 Å². The molecular formula is C20H24N4O2S. The number of nitrogens with one attached hydrogen (secondary N) is 1. The van der Waals surface area contributed by atoms with Gasteiger partial charge in [0.2, 0.25) is 5.91 Å². The smallest absolute Gasteiger partial charge is 0.231 e. The van der Waals surface area contributed by atoms with E-state index in [2.05, 4.69) is 34.6 Å². The summed E-state index contributed by atoms with van der Waals surface area (Å²) in [7, 11) is 0. The first-order valence-corrected chi connectivity index (χ1v) is 9.95. The standard InChI is InChI=1S/C20H24N4O2S/c1-5-24-19(16-8-6-7-13(2)11-16)22-23-20(24)27-12-18(25)21-15(4)17-10-9-14(3)26-17/h6-11,15H,5,12H2,1-4H3,(H,21,25). The Kier molecular flexibility index (Phi) is 6.01. The van der Waals surface area contributed by atoms with E-state index in [1.807, 2.05) is 49.6 Å². The Labute approximate surface area is 163 Å². The maximum absolute atomic E-state index is 12.3. The number of furan rings is 1. The minimum absolute atomic E-state index is 0.0655. The molecule has 0 aliphatic rings. The van der Waals surface area contributed by atoms with Crippen LogP contribution in [-0.4, -0.2) is 26.4 Å². The zero-order valence-corrected chi connectivity index (χ0v) is 16.8. The molecular weight excluding hydrogens is 360 g/mol. The van der Waals surface area contributed by atoms with Gasteiger partial charge in [-0.2, -0.15) is 0 Å². The lowest BCUT2D eigenvalue weighted by Gasteiger charge is -2.11. The molecule has 2 aromatic heterocycles. The minimum Gasteiger partial charge on any atom is -0.464 e.